The number of benzene rings is 1. The van der Waals surface area contributed by atoms with Crippen molar-refractivity contribution >= 4 is 15.9 Å². The summed E-state index contributed by atoms with van der Waals surface area (Å²) in [5.74, 6) is 0.935. The van der Waals surface area contributed by atoms with E-state index in [4.69, 9.17) is 6.11 Å². The molecule has 2 heteroatoms. The zero-order chi connectivity index (χ0) is 10.4. The molecule has 0 amide bonds. The van der Waals surface area contributed by atoms with Gasteiger partial charge in [0, 0.05) is 5.84 Å². The molecule has 1 rings (SSSR count). The first-order chi connectivity index (χ1) is 6.77. The van der Waals surface area contributed by atoms with Crippen LogP contribution in [0.3, 0.4) is 0 Å². The van der Waals surface area contributed by atoms with Gasteiger partial charge in [0.25, 0.3) is 0 Å². The maximum atomic E-state index is 7.06. The van der Waals surface area contributed by atoms with Crippen LogP contribution in [0.4, 0.5) is 0 Å². The number of rotatable bonds is 4. The van der Waals surface area contributed by atoms with Crippen molar-refractivity contribution < 1.29 is 6.11 Å². The van der Waals surface area contributed by atoms with Crippen LogP contribution in [-0.2, 0) is 6.42 Å². The summed E-state index contributed by atoms with van der Waals surface area (Å²) in [7, 11) is 1.69. The largest absolute Gasteiger partial charge is 0.496 e. The average molecular weight is 244 g/mol. The van der Waals surface area contributed by atoms with Crippen LogP contribution in [0.15, 0.2) is 22.7 Å². The van der Waals surface area contributed by atoms with Crippen molar-refractivity contribution in [3.63, 3.8) is 0 Å². The standard InChI is InChI=1S/C11H15BrO/c1-3-4-5-9-6-7-10(12)8-11(9)13-2/h6-8H,3-5H2,1-2H3/i1D. The van der Waals surface area contributed by atoms with Gasteiger partial charge in [-0.1, -0.05) is 35.3 Å². The van der Waals surface area contributed by atoms with Crippen molar-refractivity contribution in [2.45, 2.75) is 26.2 Å². The van der Waals surface area contributed by atoms with Gasteiger partial charge in [0.15, 0.2) is 0 Å². The SMILES string of the molecule is [2H]CCCCc1ccc(Br)cc1OC. The van der Waals surface area contributed by atoms with E-state index in [1.165, 1.54) is 5.56 Å². The fourth-order valence-corrected chi connectivity index (χ4v) is 1.58. The molecule has 0 aliphatic carbocycles. The Hall–Kier alpha value is -0.500. The number of methoxy groups -OCH3 is 1. The zero-order valence-corrected chi connectivity index (χ0v) is 9.43. The molecule has 1 nitrogen and oxygen atoms in total. The molecule has 0 aromatic heterocycles. The second-order valence-electron chi connectivity index (χ2n) is 2.91. The van der Waals surface area contributed by atoms with E-state index in [9.17, 15) is 0 Å². The molecule has 0 aliphatic heterocycles. The predicted octanol–water partition coefficient (Wildman–Crippen LogP) is 3.80. The summed E-state index contributed by atoms with van der Waals surface area (Å²) in [6.45, 7) is 0.513. The lowest BCUT2D eigenvalue weighted by atomic mass is 10.1. The molecule has 0 unspecified atom stereocenters. The second kappa shape index (κ2) is 5.28. The quantitative estimate of drug-likeness (QED) is 0.732. The highest BCUT2D eigenvalue weighted by Gasteiger charge is 2.02. The topological polar surface area (TPSA) is 9.23 Å². The third kappa shape index (κ3) is 3.03. The van der Waals surface area contributed by atoms with Crippen molar-refractivity contribution in [3.8, 4) is 5.75 Å². The molecule has 0 spiro atoms. The lowest BCUT2D eigenvalue weighted by Gasteiger charge is -2.07. The van der Waals surface area contributed by atoms with Crippen molar-refractivity contribution in [1.82, 2.24) is 0 Å². The van der Waals surface area contributed by atoms with E-state index in [0.29, 0.717) is 6.90 Å². The third-order valence-corrected chi connectivity index (χ3v) is 2.44. The Morgan fingerprint density at radius 3 is 3.08 bits per heavy atom. The van der Waals surface area contributed by atoms with Crippen LogP contribution in [0.1, 0.15) is 26.7 Å². The molecule has 13 heavy (non-hydrogen) atoms. The summed E-state index contributed by atoms with van der Waals surface area (Å²) in [6, 6.07) is 6.08. The minimum absolute atomic E-state index is 0.513. The van der Waals surface area contributed by atoms with Gasteiger partial charge >= 0.3 is 0 Å². The van der Waals surface area contributed by atoms with Crippen LogP contribution >= 0.6 is 15.9 Å². The second-order valence-corrected chi connectivity index (χ2v) is 3.83. The molecule has 0 heterocycles. The Morgan fingerprint density at radius 2 is 2.38 bits per heavy atom. The summed E-state index contributed by atoms with van der Waals surface area (Å²) in [5.41, 5.74) is 1.23. The number of hydrogen-bond acceptors (Lipinski definition) is 1. The Bertz CT molecular complexity index is 289. The first-order valence-corrected chi connectivity index (χ1v) is 5.19. The predicted molar refractivity (Wildman–Crippen MR) is 59.3 cm³/mol. The number of aryl methyl sites for hydroxylation is 1. The van der Waals surface area contributed by atoms with Crippen LogP contribution in [-0.4, -0.2) is 7.11 Å². The summed E-state index contributed by atoms with van der Waals surface area (Å²) in [4.78, 5) is 0. The highest BCUT2D eigenvalue weighted by atomic mass is 79.9. The summed E-state index contributed by atoms with van der Waals surface area (Å²) in [5, 5.41) is 0. The number of halogens is 1. The molecule has 0 aliphatic rings. The van der Waals surface area contributed by atoms with E-state index >= 15 is 0 Å². The van der Waals surface area contributed by atoms with Gasteiger partial charge in [0.2, 0.25) is 0 Å². The van der Waals surface area contributed by atoms with Gasteiger partial charge < -0.3 is 4.74 Å². The molecule has 72 valence electrons. The lowest BCUT2D eigenvalue weighted by Crippen LogP contribution is -1.91. The van der Waals surface area contributed by atoms with Gasteiger partial charge in [-0.3, -0.25) is 0 Å². The number of hydrogen-bond donors (Lipinski definition) is 0. The van der Waals surface area contributed by atoms with E-state index < -0.39 is 0 Å². The monoisotopic (exact) mass is 243 g/mol. The third-order valence-electron chi connectivity index (χ3n) is 1.95. The van der Waals surface area contributed by atoms with Gasteiger partial charge in [-0.25, -0.2) is 0 Å². The fourth-order valence-electron chi connectivity index (χ4n) is 1.24. The van der Waals surface area contributed by atoms with Crippen LogP contribution in [0, 0.1) is 0 Å². The van der Waals surface area contributed by atoms with E-state index in [1.807, 2.05) is 12.1 Å². The molecular formula is C11H15BrO. The van der Waals surface area contributed by atoms with Gasteiger partial charge in [-0.2, -0.15) is 0 Å². The van der Waals surface area contributed by atoms with Crippen molar-refractivity contribution in [2.24, 2.45) is 0 Å². The molecule has 1 aromatic rings. The molecule has 0 saturated carbocycles. The Balaban J connectivity index is 2.65. The Labute approximate surface area is 89.6 Å². The molecule has 0 radical (unpaired) electrons. The average Bonchev–Trinajstić information content (AvgIpc) is 2.20. The lowest BCUT2D eigenvalue weighted by molar-refractivity contribution is 0.408. The minimum Gasteiger partial charge on any atom is -0.496 e. The molecule has 0 N–H and O–H groups in total. The highest BCUT2D eigenvalue weighted by molar-refractivity contribution is 9.10. The number of unbranched alkanes of at least 4 members (excludes halogenated alkanes) is 1. The molecular weight excluding hydrogens is 228 g/mol. The van der Waals surface area contributed by atoms with Crippen molar-refractivity contribution in [3.05, 3.63) is 28.2 Å². The molecule has 0 atom stereocenters. The maximum Gasteiger partial charge on any atom is 0.123 e. The molecule has 1 aromatic carbocycles. The molecule has 0 fully saturated rings. The van der Waals surface area contributed by atoms with Crippen LogP contribution in [0.2, 0.25) is 0 Å². The van der Waals surface area contributed by atoms with Gasteiger partial charge in [-0.05, 0) is 30.5 Å². The molecule has 0 bridgehead atoms. The fraction of sp³-hybridized carbons (Fsp3) is 0.455. The summed E-state index contributed by atoms with van der Waals surface area (Å²) >= 11 is 3.41. The summed E-state index contributed by atoms with van der Waals surface area (Å²) < 4.78 is 13.4. The van der Waals surface area contributed by atoms with Crippen molar-refractivity contribution in [1.29, 1.82) is 0 Å². The van der Waals surface area contributed by atoms with E-state index in [-0.39, 0.29) is 0 Å². The highest BCUT2D eigenvalue weighted by Crippen LogP contribution is 2.24. The maximum absolute atomic E-state index is 7.06. The Kier molecular flexibility index (Phi) is 3.68. The summed E-state index contributed by atoms with van der Waals surface area (Å²) in [6.07, 6.45) is 3.01. The number of ether oxygens (including phenoxy) is 1. The van der Waals surface area contributed by atoms with Gasteiger partial charge in [0.05, 0.1) is 7.11 Å². The Morgan fingerprint density at radius 1 is 1.54 bits per heavy atom. The van der Waals surface area contributed by atoms with E-state index in [2.05, 4.69) is 22.0 Å². The zero-order valence-electron chi connectivity index (χ0n) is 8.85. The van der Waals surface area contributed by atoms with E-state index in [1.54, 1.807) is 7.11 Å². The van der Waals surface area contributed by atoms with E-state index in [0.717, 1.165) is 29.5 Å². The smallest absolute Gasteiger partial charge is 0.123 e. The normalized spacial score (nSPS) is 11.1. The first kappa shape index (κ1) is 9.07. The van der Waals surface area contributed by atoms with Crippen LogP contribution in [0.25, 0.3) is 0 Å². The minimum atomic E-state index is 0.513. The molecule has 0 saturated heterocycles. The van der Waals surface area contributed by atoms with Crippen LogP contribution in [0.5, 0.6) is 5.75 Å². The van der Waals surface area contributed by atoms with Gasteiger partial charge in [-0.15, -0.1) is 0 Å². The van der Waals surface area contributed by atoms with Crippen LogP contribution < -0.4 is 4.74 Å². The van der Waals surface area contributed by atoms with Gasteiger partial charge in [0.1, 0.15) is 5.75 Å². The first-order valence-electron chi connectivity index (χ1n) is 5.10. The van der Waals surface area contributed by atoms with Crippen molar-refractivity contribution in [2.75, 3.05) is 7.11 Å².